The van der Waals surface area contributed by atoms with E-state index in [1.165, 1.54) is 23.9 Å². The van der Waals surface area contributed by atoms with Gasteiger partial charge in [0, 0.05) is 24.0 Å². The number of phenolic OH excluding ortho intramolecular Hbond substituents is 1. The zero-order valence-corrected chi connectivity index (χ0v) is 29.3. The van der Waals surface area contributed by atoms with Crippen molar-refractivity contribution in [2.24, 2.45) is 0 Å². The second-order valence-electron chi connectivity index (χ2n) is 11.4. The molecule has 1 saturated heterocycles. The average Bonchev–Trinajstić information content (AvgIpc) is 3.37. The number of H-pyrrole nitrogens is 4. The van der Waals surface area contributed by atoms with Crippen LogP contribution in [0.4, 0.5) is 0 Å². The van der Waals surface area contributed by atoms with E-state index in [9.17, 15) is 19.5 Å². The molecule has 0 spiro atoms. The van der Waals surface area contributed by atoms with Crippen molar-refractivity contribution in [1.29, 1.82) is 0 Å². The van der Waals surface area contributed by atoms with E-state index in [1.807, 2.05) is 0 Å². The summed E-state index contributed by atoms with van der Waals surface area (Å²) in [6.45, 7) is 1.40. The van der Waals surface area contributed by atoms with Crippen LogP contribution in [0.15, 0.2) is 99.5 Å². The highest BCUT2D eigenvalue weighted by atomic mass is 35.5. The molecule has 1 aliphatic heterocycles. The molecule has 8 aromatic rings. The maximum absolute atomic E-state index is 11.2. The minimum absolute atomic E-state index is 0.0836. The summed E-state index contributed by atoms with van der Waals surface area (Å²) < 4.78 is 30.6. The number of benzene rings is 4. The van der Waals surface area contributed by atoms with Gasteiger partial charge in [-0.3, -0.25) is 15.0 Å². The Balaban J connectivity index is 0.000000139. The molecule has 0 bridgehead atoms. The van der Waals surface area contributed by atoms with Crippen molar-refractivity contribution in [3.8, 4) is 17.2 Å². The number of fused-ring (bicyclic) bond motifs is 4. The van der Waals surface area contributed by atoms with Gasteiger partial charge in [-0.25, -0.2) is 19.4 Å². The summed E-state index contributed by atoms with van der Waals surface area (Å²) in [4.78, 5) is 47.7. The molecular weight excluding hydrogens is 757 g/mol. The maximum Gasteiger partial charge on any atom is 0.417 e. The molecule has 0 amide bonds. The van der Waals surface area contributed by atoms with Gasteiger partial charge in [-0.15, -0.1) is 0 Å². The zero-order chi connectivity index (χ0) is 37.1. The number of aromatic amines is 4. The standard InChI is InChI=1S/C17H13Cl2N3O4S.C10H9NO4.C7H5NO3/c18-10-4-13-14(5-11(10)19)21-16(20-13)27-7-8(23)6-25-9-1-2-12-15(3-9)26-17(24)22-12;12-10-11-8-2-1-6(3-9(8)15-10)13-4-7-5-14-7;9-4-1-2-5-6(3-4)11-7(10)8-5/h1-5,8,23H,6-7H2,(H,20,21)(H,22,24);1-3,7H,4-5H2,(H,11,12);1-3,9H,(H,8,10)/t8-;;/m1../s1. The third-order valence-electron chi connectivity index (χ3n) is 7.38. The Bertz CT molecular complexity index is 2670. The van der Waals surface area contributed by atoms with Crippen LogP contribution >= 0.6 is 35.0 Å². The van der Waals surface area contributed by atoms with Crippen molar-refractivity contribution in [1.82, 2.24) is 24.9 Å². The number of aliphatic hydroxyl groups is 1. The van der Waals surface area contributed by atoms with Crippen molar-refractivity contribution in [2.45, 2.75) is 17.4 Å². The van der Waals surface area contributed by atoms with E-state index in [-0.39, 0.29) is 18.5 Å². The lowest BCUT2D eigenvalue weighted by molar-refractivity contribution is 0.126. The van der Waals surface area contributed by atoms with Crippen LogP contribution < -0.4 is 26.7 Å². The normalized spacial score (nSPS) is 14.1. The van der Waals surface area contributed by atoms with Crippen molar-refractivity contribution >= 4 is 79.3 Å². The number of aromatic hydroxyl groups is 1. The number of ether oxygens (including phenoxy) is 3. The summed E-state index contributed by atoms with van der Waals surface area (Å²) in [6, 6.07) is 18.0. The molecule has 4 aromatic heterocycles. The van der Waals surface area contributed by atoms with Crippen LogP contribution in [0.25, 0.3) is 44.3 Å². The molecule has 0 saturated carbocycles. The number of epoxide rings is 1. The van der Waals surface area contributed by atoms with E-state index in [1.54, 1.807) is 54.6 Å². The number of thioether (sulfide) groups is 1. The number of rotatable bonds is 9. The molecule has 6 N–H and O–H groups in total. The molecule has 9 rings (SSSR count). The highest BCUT2D eigenvalue weighted by Gasteiger charge is 2.23. The lowest BCUT2D eigenvalue weighted by Crippen LogP contribution is -2.20. The van der Waals surface area contributed by atoms with Crippen molar-refractivity contribution in [2.75, 3.05) is 25.6 Å². The fraction of sp³-hybridized carbons (Fsp3) is 0.176. The number of aliphatic hydroxyl groups excluding tert-OH is 1. The molecule has 16 nitrogen and oxygen atoms in total. The summed E-state index contributed by atoms with van der Waals surface area (Å²) in [6.07, 6.45) is -0.497. The highest BCUT2D eigenvalue weighted by molar-refractivity contribution is 7.99. The number of nitrogens with one attached hydrogen (secondary N) is 4. The topological polar surface area (TPSA) is 238 Å². The molecule has 0 radical (unpaired) electrons. The summed E-state index contributed by atoms with van der Waals surface area (Å²) in [5.41, 5.74) is 4.62. The first-order chi connectivity index (χ1) is 25.5. The van der Waals surface area contributed by atoms with Gasteiger partial charge in [0.1, 0.15) is 36.6 Å². The third kappa shape index (κ3) is 9.26. The largest absolute Gasteiger partial charge is 0.508 e. The minimum Gasteiger partial charge on any atom is -0.508 e. The number of hydrogen-bond acceptors (Lipinski definition) is 13. The summed E-state index contributed by atoms with van der Waals surface area (Å²) in [5, 5.41) is 20.6. The molecule has 2 atom stereocenters. The lowest BCUT2D eigenvalue weighted by Gasteiger charge is -2.11. The number of hydrogen-bond donors (Lipinski definition) is 6. The lowest BCUT2D eigenvalue weighted by atomic mass is 10.3. The Morgan fingerprint density at radius 1 is 0.755 bits per heavy atom. The zero-order valence-electron chi connectivity index (χ0n) is 27.0. The van der Waals surface area contributed by atoms with Crippen molar-refractivity contribution < 1.29 is 37.7 Å². The molecule has 5 heterocycles. The molecule has 1 fully saturated rings. The van der Waals surface area contributed by atoms with Crippen molar-refractivity contribution in [3.63, 3.8) is 0 Å². The Morgan fingerprint density at radius 2 is 1.30 bits per heavy atom. The number of oxazole rings is 3. The first kappa shape index (κ1) is 35.8. The van der Waals surface area contributed by atoms with E-state index in [0.717, 1.165) is 12.1 Å². The van der Waals surface area contributed by atoms with Crippen LogP contribution in [0.5, 0.6) is 17.2 Å². The minimum atomic E-state index is -0.718. The predicted octanol–water partition coefficient (Wildman–Crippen LogP) is 5.56. The van der Waals surface area contributed by atoms with Gasteiger partial charge in [0.05, 0.1) is 50.3 Å². The number of halogens is 2. The Hall–Kier alpha value is -5.59. The van der Waals surface area contributed by atoms with Gasteiger partial charge < -0.3 is 42.7 Å². The van der Waals surface area contributed by atoms with Gasteiger partial charge in [0.2, 0.25) is 0 Å². The smallest absolute Gasteiger partial charge is 0.417 e. The molecule has 0 aliphatic carbocycles. The predicted molar refractivity (Wildman–Crippen MR) is 196 cm³/mol. The molecule has 53 heavy (non-hydrogen) atoms. The first-order valence-electron chi connectivity index (χ1n) is 15.6. The van der Waals surface area contributed by atoms with Crippen LogP contribution in [0.1, 0.15) is 0 Å². The number of imidazole rings is 1. The van der Waals surface area contributed by atoms with E-state index >= 15 is 0 Å². The Morgan fingerprint density at radius 3 is 1.91 bits per heavy atom. The molecule has 274 valence electrons. The van der Waals surface area contributed by atoms with Crippen LogP contribution in [0.2, 0.25) is 10.0 Å². The van der Waals surface area contributed by atoms with E-state index < -0.39 is 23.4 Å². The molecule has 4 aromatic carbocycles. The first-order valence-corrected chi connectivity index (χ1v) is 17.4. The number of phenols is 1. The highest BCUT2D eigenvalue weighted by Crippen LogP contribution is 2.29. The SMILES string of the molecule is O=c1[nH]c2ccc(O)cc2o1.O=c1[nH]c2ccc(OCC3CO3)cc2o1.O=c1[nH]c2ccc(OC[C@@H](O)CSc3nc4cc(Cl)c(Cl)cc4[nH]3)cc2o1. The van der Waals surface area contributed by atoms with E-state index in [4.69, 9.17) is 51.4 Å². The monoisotopic (exact) mass is 783 g/mol. The number of nitrogens with zero attached hydrogens (tertiary/aromatic N) is 1. The Labute approximate surface area is 309 Å². The quantitative estimate of drug-likeness (QED) is 0.0777. The van der Waals surface area contributed by atoms with E-state index in [0.29, 0.717) is 77.9 Å². The van der Waals surface area contributed by atoms with Gasteiger partial charge in [0.25, 0.3) is 0 Å². The summed E-state index contributed by atoms with van der Waals surface area (Å²) in [7, 11) is 0. The molecule has 1 unspecified atom stereocenters. The van der Waals surface area contributed by atoms with Gasteiger partial charge in [-0.1, -0.05) is 35.0 Å². The molecule has 19 heteroatoms. The molecular formula is C34H27Cl2N5O11S. The fourth-order valence-corrected chi connectivity index (χ4v) is 5.90. The van der Waals surface area contributed by atoms with Crippen LogP contribution in [0, 0.1) is 0 Å². The van der Waals surface area contributed by atoms with Gasteiger partial charge in [-0.05, 0) is 48.5 Å². The third-order valence-corrected chi connectivity index (χ3v) is 9.13. The van der Waals surface area contributed by atoms with Crippen LogP contribution in [-0.4, -0.2) is 72.9 Å². The number of aromatic nitrogens is 5. The van der Waals surface area contributed by atoms with Crippen LogP contribution in [0.3, 0.4) is 0 Å². The van der Waals surface area contributed by atoms with Crippen LogP contribution in [-0.2, 0) is 4.74 Å². The summed E-state index contributed by atoms with van der Waals surface area (Å²) >= 11 is 13.3. The second-order valence-corrected chi connectivity index (χ2v) is 13.2. The van der Waals surface area contributed by atoms with Crippen molar-refractivity contribution in [3.05, 3.63) is 108 Å². The van der Waals surface area contributed by atoms with Gasteiger partial charge >= 0.3 is 17.3 Å². The van der Waals surface area contributed by atoms with Gasteiger partial charge in [0.15, 0.2) is 21.9 Å². The van der Waals surface area contributed by atoms with E-state index in [2.05, 4.69) is 29.3 Å². The fourth-order valence-electron chi connectivity index (χ4n) is 4.78. The molecule has 1 aliphatic rings. The summed E-state index contributed by atoms with van der Waals surface area (Å²) in [5.74, 6) is 0.163. The second kappa shape index (κ2) is 15.6. The maximum atomic E-state index is 11.2. The Kier molecular flexibility index (Phi) is 10.5. The van der Waals surface area contributed by atoms with Gasteiger partial charge in [-0.2, -0.15) is 0 Å². The average molecular weight is 785 g/mol.